The first kappa shape index (κ1) is 20.1. The van der Waals surface area contributed by atoms with Gasteiger partial charge in [-0.3, -0.25) is 9.48 Å². The SMILES string of the molecule is Cc1c(-c2cc3c(N4CCN(C(=O)[C@H]5CC[C@H](C)CC5)CC4)ccnc3[nH]2)cnn1C. The van der Waals surface area contributed by atoms with Crippen LogP contribution in [0.15, 0.2) is 24.5 Å². The van der Waals surface area contributed by atoms with Gasteiger partial charge in [0.25, 0.3) is 0 Å². The van der Waals surface area contributed by atoms with E-state index in [0.29, 0.717) is 5.91 Å². The van der Waals surface area contributed by atoms with Crippen molar-refractivity contribution in [2.45, 2.75) is 39.5 Å². The average molecular weight is 421 g/mol. The zero-order valence-electron chi connectivity index (χ0n) is 18.8. The highest BCUT2D eigenvalue weighted by Gasteiger charge is 2.30. The zero-order valence-corrected chi connectivity index (χ0v) is 18.8. The van der Waals surface area contributed by atoms with Gasteiger partial charge in [-0.15, -0.1) is 0 Å². The largest absolute Gasteiger partial charge is 0.367 e. The number of aromatic nitrogens is 4. The fourth-order valence-corrected chi connectivity index (χ4v) is 5.13. The Kier molecular flexibility index (Phi) is 5.20. The minimum Gasteiger partial charge on any atom is -0.367 e. The third kappa shape index (κ3) is 3.70. The number of fused-ring (bicyclic) bond motifs is 1. The predicted molar refractivity (Wildman–Crippen MR) is 123 cm³/mol. The first-order chi connectivity index (χ1) is 15.0. The molecule has 1 saturated carbocycles. The van der Waals surface area contributed by atoms with E-state index in [2.05, 4.69) is 50.8 Å². The van der Waals surface area contributed by atoms with Crippen molar-refractivity contribution in [3.8, 4) is 11.3 Å². The number of nitrogens with zero attached hydrogens (tertiary/aromatic N) is 5. The minimum absolute atomic E-state index is 0.241. The third-order valence-electron chi connectivity index (χ3n) is 7.33. The molecule has 0 radical (unpaired) electrons. The highest BCUT2D eigenvalue weighted by Crippen LogP contribution is 2.33. The molecule has 0 bridgehead atoms. The maximum absolute atomic E-state index is 13.0. The highest BCUT2D eigenvalue weighted by molar-refractivity contribution is 5.94. The number of H-pyrrole nitrogens is 1. The van der Waals surface area contributed by atoms with E-state index in [1.807, 2.05) is 24.1 Å². The van der Waals surface area contributed by atoms with Gasteiger partial charge >= 0.3 is 0 Å². The molecule has 2 aliphatic rings. The van der Waals surface area contributed by atoms with E-state index in [1.165, 1.54) is 18.5 Å². The monoisotopic (exact) mass is 420 g/mol. The van der Waals surface area contributed by atoms with Crippen molar-refractivity contribution in [3.05, 3.63) is 30.2 Å². The molecule has 2 fully saturated rings. The summed E-state index contributed by atoms with van der Waals surface area (Å²) in [4.78, 5) is 25.5. The standard InChI is InChI=1S/C24H32N6O/c1-16-4-6-18(7-5-16)24(31)30-12-10-29(11-13-30)22-8-9-25-23-19(22)14-21(27-23)20-15-26-28(3)17(20)2/h8-9,14-16,18H,4-7,10-13H2,1-3H3,(H,25,27)/t16-,18-. The number of pyridine rings is 1. The Morgan fingerprint density at radius 2 is 1.87 bits per heavy atom. The summed E-state index contributed by atoms with van der Waals surface area (Å²) in [6.45, 7) is 7.70. The van der Waals surface area contributed by atoms with Crippen LogP contribution in [0.1, 0.15) is 38.3 Å². The molecule has 0 aromatic carbocycles. The van der Waals surface area contributed by atoms with Crippen molar-refractivity contribution in [1.29, 1.82) is 0 Å². The Balaban J connectivity index is 1.32. The summed E-state index contributed by atoms with van der Waals surface area (Å²) in [5, 5.41) is 5.50. The van der Waals surface area contributed by atoms with Crippen LogP contribution in [0, 0.1) is 18.8 Å². The average Bonchev–Trinajstić information content (AvgIpc) is 3.37. The smallest absolute Gasteiger partial charge is 0.225 e. The molecule has 31 heavy (non-hydrogen) atoms. The van der Waals surface area contributed by atoms with Gasteiger partial charge in [-0.2, -0.15) is 5.10 Å². The minimum atomic E-state index is 0.241. The van der Waals surface area contributed by atoms with Gasteiger partial charge < -0.3 is 14.8 Å². The van der Waals surface area contributed by atoms with Gasteiger partial charge in [0.15, 0.2) is 0 Å². The molecular formula is C24H32N6O. The third-order valence-corrected chi connectivity index (χ3v) is 7.33. The molecule has 1 aliphatic heterocycles. The molecule has 1 saturated heterocycles. The summed E-state index contributed by atoms with van der Waals surface area (Å²) >= 11 is 0. The van der Waals surface area contributed by atoms with Crippen molar-refractivity contribution in [2.24, 2.45) is 18.9 Å². The fourth-order valence-electron chi connectivity index (χ4n) is 5.13. The normalized spacial score (nSPS) is 22.3. The molecule has 1 amide bonds. The van der Waals surface area contributed by atoms with Gasteiger partial charge in [0.2, 0.25) is 5.91 Å². The number of anilines is 1. The lowest BCUT2D eigenvalue weighted by atomic mass is 9.82. The van der Waals surface area contributed by atoms with Crippen molar-refractivity contribution < 1.29 is 4.79 Å². The molecule has 5 rings (SSSR count). The summed E-state index contributed by atoms with van der Waals surface area (Å²) in [6.07, 6.45) is 8.27. The molecule has 0 spiro atoms. The number of amides is 1. The first-order valence-corrected chi connectivity index (χ1v) is 11.5. The fraction of sp³-hybridized carbons (Fsp3) is 0.542. The van der Waals surface area contributed by atoms with Gasteiger partial charge in [-0.05, 0) is 50.7 Å². The van der Waals surface area contributed by atoms with Crippen LogP contribution in [0.2, 0.25) is 0 Å². The van der Waals surface area contributed by atoms with Crippen molar-refractivity contribution >= 4 is 22.6 Å². The number of hydrogen-bond acceptors (Lipinski definition) is 4. The topological polar surface area (TPSA) is 70.1 Å². The Bertz CT molecular complexity index is 1080. The summed E-state index contributed by atoms with van der Waals surface area (Å²) in [7, 11) is 1.96. The Morgan fingerprint density at radius 3 is 2.55 bits per heavy atom. The number of carbonyl (C=O) groups is 1. The van der Waals surface area contributed by atoms with Crippen LogP contribution in [0.4, 0.5) is 5.69 Å². The molecule has 3 aromatic heterocycles. The van der Waals surface area contributed by atoms with Crippen LogP contribution in [0.25, 0.3) is 22.3 Å². The van der Waals surface area contributed by atoms with Gasteiger partial charge in [0.05, 0.1) is 11.9 Å². The molecule has 1 N–H and O–H groups in total. The van der Waals surface area contributed by atoms with E-state index in [0.717, 1.165) is 72.9 Å². The van der Waals surface area contributed by atoms with Crippen LogP contribution in [-0.4, -0.2) is 56.7 Å². The van der Waals surface area contributed by atoms with Crippen LogP contribution >= 0.6 is 0 Å². The predicted octanol–water partition coefficient (Wildman–Crippen LogP) is 3.75. The van der Waals surface area contributed by atoms with Crippen molar-refractivity contribution in [3.63, 3.8) is 0 Å². The second-order valence-corrected chi connectivity index (χ2v) is 9.31. The van der Waals surface area contributed by atoms with Crippen LogP contribution in [0.5, 0.6) is 0 Å². The van der Waals surface area contributed by atoms with Gasteiger partial charge in [-0.1, -0.05) is 6.92 Å². The maximum Gasteiger partial charge on any atom is 0.225 e. The Morgan fingerprint density at radius 1 is 1.13 bits per heavy atom. The molecular weight excluding hydrogens is 388 g/mol. The number of hydrogen-bond donors (Lipinski definition) is 1. The van der Waals surface area contributed by atoms with E-state index in [9.17, 15) is 4.79 Å². The highest BCUT2D eigenvalue weighted by atomic mass is 16.2. The molecule has 1 aliphatic carbocycles. The van der Waals surface area contributed by atoms with E-state index < -0.39 is 0 Å². The molecule has 0 atom stereocenters. The van der Waals surface area contributed by atoms with E-state index in [4.69, 9.17) is 0 Å². The Labute approximate surface area is 183 Å². The molecule has 3 aromatic rings. The number of aryl methyl sites for hydroxylation is 1. The molecule has 0 unspecified atom stereocenters. The summed E-state index contributed by atoms with van der Waals surface area (Å²) < 4.78 is 1.89. The van der Waals surface area contributed by atoms with Gasteiger partial charge in [0.1, 0.15) is 5.65 Å². The summed E-state index contributed by atoms with van der Waals surface area (Å²) in [6, 6.07) is 4.28. The van der Waals surface area contributed by atoms with Crippen LogP contribution < -0.4 is 4.90 Å². The first-order valence-electron chi connectivity index (χ1n) is 11.5. The van der Waals surface area contributed by atoms with Crippen LogP contribution in [-0.2, 0) is 11.8 Å². The van der Waals surface area contributed by atoms with Crippen LogP contribution in [0.3, 0.4) is 0 Å². The van der Waals surface area contributed by atoms with E-state index >= 15 is 0 Å². The van der Waals surface area contributed by atoms with Gasteiger partial charge in [-0.25, -0.2) is 4.98 Å². The quantitative estimate of drug-likeness (QED) is 0.701. The molecule has 4 heterocycles. The molecule has 7 nitrogen and oxygen atoms in total. The number of aromatic amines is 1. The number of piperazine rings is 1. The number of nitrogens with one attached hydrogen (secondary N) is 1. The Hall–Kier alpha value is -2.83. The lowest BCUT2D eigenvalue weighted by Gasteiger charge is -2.38. The van der Waals surface area contributed by atoms with Gasteiger partial charge in [0, 0.05) is 67.7 Å². The van der Waals surface area contributed by atoms with Crippen molar-refractivity contribution in [2.75, 3.05) is 31.1 Å². The van der Waals surface area contributed by atoms with E-state index in [-0.39, 0.29) is 5.92 Å². The lowest BCUT2D eigenvalue weighted by Crippen LogP contribution is -2.50. The molecule has 7 heteroatoms. The maximum atomic E-state index is 13.0. The lowest BCUT2D eigenvalue weighted by molar-refractivity contribution is -0.137. The second kappa shape index (κ2) is 8.02. The van der Waals surface area contributed by atoms with E-state index in [1.54, 1.807) is 0 Å². The summed E-state index contributed by atoms with van der Waals surface area (Å²) in [5.74, 6) is 1.39. The van der Waals surface area contributed by atoms with Crippen molar-refractivity contribution in [1.82, 2.24) is 24.6 Å². The zero-order chi connectivity index (χ0) is 21.5. The molecule has 164 valence electrons. The summed E-state index contributed by atoms with van der Waals surface area (Å²) in [5.41, 5.74) is 5.35. The number of rotatable bonds is 3. The second-order valence-electron chi connectivity index (χ2n) is 9.31. The number of carbonyl (C=O) groups excluding carboxylic acids is 1.